The molecular weight excluding hydrogens is 213 g/mol. The number of benzene rings is 1. The van der Waals surface area contributed by atoms with E-state index in [4.69, 9.17) is 21.5 Å². The third-order valence-corrected chi connectivity index (χ3v) is 2.11. The van der Waals surface area contributed by atoms with Crippen LogP contribution in [0.15, 0.2) is 6.07 Å². The Morgan fingerprint density at radius 2 is 2.29 bits per heavy atom. The average molecular weight is 222 g/mol. The summed E-state index contributed by atoms with van der Waals surface area (Å²) in [5.74, 6) is -1.09. The van der Waals surface area contributed by atoms with Crippen LogP contribution in [0.4, 0.5) is 4.39 Å². The van der Waals surface area contributed by atoms with Crippen molar-refractivity contribution in [3.05, 3.63) is 22.5 Å². The number of hydrogen-bond acceptors (Lipinski definition) is 4. The first-order valence-electron chi connectivity index (χ1n) is 3.72. The lowest BCUT2D eigenvalue weighted by molar-refractivity contribution is 0.160. The van der Waals surface area contributed by atoms with Crippen LogP contribution in [0.5, 0.6) is 11.5 Å². The van der Waals surface area contributed by atoms with Crippen LogP contribution in [0.25, 0.3) is 0 Å². The molecule has 1 rings (SSSR count). The van der Waals surface area contributed by atoms with Crippen LogP contribution in [-0.2, 0) is 6.54 Å². The summed E-state index contributed by atoms with van der Waals surface area (Å²) < 4.78 is 17.8. The van der Waals surface area contributed by atoms with E-state index in [2.05, 4.69) is 0 Å². The Kier molecular flexibility index (Phi) is 3.51. The standard InChI is InChI=1S/C8H9ClFNO3/c1-14-8-4(3-11-13)7(9)5(10)2-6(8)12/h2,11-13H,3H2,1H3. The van der Waals surface area contributed by atoms with Crippen LogP contribution in [0.3, 0.4) is 0 Å². The highest BCUT2D eigenvalue weighted by atomic mass is 35.5. The van der Waals surface area contributed by atoms with Crippen LogP contribution in [0, 0.1) is 5.82 Å². The number of rotatable bonds is 3. The highest BCUT2D eigenvalue weighted by molar-refractivity contribution is 6.31. The van der Waals surface area contributed by atoms with Gasteiger partial charge in [0.05, 0.1) is 18.7 Å². The Hall–Kier alpha value is -1.04. The zero-order chi connectivity index (χ0) is 10.7. The Morgan fingerprint density at radius 3 is 2.79 bits per heavy atom. The summed E-state index contributed by atoms with van der Waals surface area (Å²) in [6, 6.07) is 0.849. The molecule has 0 aromatic heterocycles. The molecule has 14 heavy (non-hydrogen) atoms. The van der Waals surface area contributed by atoms with Gasteiger partial charge in [-0.15, -0.1) is 0 Å². The molecule has 0 aliphatic rings. The zero-order valence-corrected chi connectivity index (χ0v) is 8.10. The van der Waals surface area contributed by atoms with E-state index in [0.29, 0.717) is 0 Å². The number of halogens is 2. The van der Waals surface area contributed by atoms with Crippen molar-refractivity contribution in [2.45, 2.75) is 6.54 Å². The van der Waals surface area contributed by atoms with E-state index >= 15 is 0 Å². The average Bonchev–Trinajstić information content (AvgIpc) is 2.14. The number of hydroxylamine groups is 1. The first-order chi connectivity index (χ1) is 6.61. The first kappa shape index (κ1) is 11.0. The van der Waals surface area contributed by atoms with E-state index in [9.17, 15) is 9.50 Å². The van der Waals surface area contributed by atoms with E-state index < -0.39 is 5.82 Å². The molecule has 0 atom stereocenters. The van der Waals surface area contributed by atoms with Crippen molar-refractivity contribution in [1.82, 2.24) is 5.48 Å². The molecule has 0 aliphatic heterocycles. The van der Waals surface area contributed by atoms with Gasteiger partial charge in [-0.3, -0.25) is 0 Å². The zero-order valence-electron chi connectivity index (χ0n) is 7.34. The number of methoxy groups -OCH3 is 1. The summed E-state index contributed by atoms with van der Waals surface area (Å²) in [5, 5.41) is 17.6. The van der Waals surface area contributed by atoms with Crippen LogP contribution in [0.2, 0.25) is 5.02 Å². The number of phenolic OH excluding ortho intramolecular Hbond substituents is 1. The predicted molar refractivity (Wildman–Crippen MR) is 48.3 cm³/mol. The van der Waals surface area contributed by atoms with Crippen molar-refractivity contribution in [3.63, 3.8) is 0 Å². The van der Waals surface area contributed by atoms with Gasteiger partial charge in [-0.2, -0.15) is 0 Å². The van der Waals surface area contributed by atoms with E-state index in [1.54, 1.807) is 0 Å². The number of hydrogen-bond donors (Lipinski definition) is 3. The van der Waals surface area contributed by atoms with Gasteiger partial charge in [-0.1, -0.05) is 11.6 Å². The van der Waals surface area contributed by atoms with Crippen molar-refractivity contribution in [2.24, 2.45) is 0 Å². The summed E-state index contributed by atoms with van der Waals surface area (Å²) in [6.45, 7) is -0.118. The molecule has 6 heteroatoms. The van der Waals surface area contributed by atoms with E-state index in [1.807, 2.05) is 5.48 Å². The molecule has 78 valence electrons. The van der Waals surface area contributed by atoms with E-state index in [0.717, 1.165) is 6.07 Å². The minimum Gasteiger partial charge on any atom is -0.504 e. The molecule has 4 nitrogen and oxygen atoms in total. The highest BCUT2D eigenvalue weighted by Gasteiger charge is 2.16. The molecule has 1 aromatic carbocycles. The van der Waals surface area contributed by atoms with Crippen molar-refractivity contribution < 1.29 is 19.4 Å². The maximum absolute atomic E-state index is 13.0. The molecule has 0 saturated carbocycles. The number of aromatic hydroxyl groups is 1. The third kappa shape index (κ3) is 1.89. The molecule has 0 bridgehead atoms. The number of phenols is 1. The fourth-order valence-electron chi connectivity index (χ4n) is 1.11. The molecule has 0 unspecified atom stereocenters. The summed E-state index contributed by atoms with van der Waals surface area (Å²) in [7, 11) is 1.31. The molecule has 3 N–H and O–H groups in total. The van der Waals surface area contributed by atoms with E-state index in [-0.39, 0.29) is 28.6 Å². The van der Waals surface area contributed by atoms with Crippen molar-refractivity contribution in [2.75, 3.05) is 7.11 Å². The van der Waals surface area contributed by atoms with Crippen LogP contribution in [-0.4, -0.2) is 17.4 Å². The lowest BCUT2D eigenvalue weighted by atomic mass is 10.1. The Balaban J connectivity index is 3.32. The summed E-state index contributed by atoms with van der Waals surface area (Å²) in [5.41, 5.74) is 1.97. The van der Waals surface area contributed by atoms with Gasteiger partial charge >= 0.3 is 0 Å². The Labute approximate surface area is 84.8 Å². The molecule has 0 fully saturated rings. The SMILES string of the molecule is COc1c(O)cc(F)c(Cl)c1CNO. The van der Waals surface area contributed by atoms with Gasteiger partial charge in [0.15, 0.2) is 11.5 Å². The van der Waals surface area contributed by atoms with Gasteiger partial charge in [0, 0.05) is 11.6 Å². The van der Waals surface area contributed by atoms with Crippen molar-refractivity contribution in [3.8, 4) is 11.5 Å². The largest absolute Gasteiger partial charge is 0.504 e. The quantitative estimate of drug-likeness (QED) is 0.680. The first-order valence-corrected chi connectivity index (χ1v) is 4.10. The topological polar surface area (TPSA) is 61.7 Å². The molecule has 0 radical (unpaired) electrons. The minimum atomic E-state index is -0.768. The van der Waals surface area contributed by atoms with Crippen LogP contribution < -0.4 is 10.2 Å². The second-order valence-corrected chi connectivity index (χ2v) is 2.92. The predicted octanol–water partition coefficient (Wildman–Crippen LogP) is 1.67. The maximum Gasteiger partial charge on any atom is 0.166 e. The monoisotopic (exact) mass is 221 g/mol. The van der Waals surface area contributed by atoms with Gasteiger partial charge in [0.25, 0.3) is 0 Å². The molecule has 0 saturated heterocycles. The number of ether oxygens (including phenoxy) is 1. The molecule has 0 spiro atoms. The van der Waals surface area contributed by atoms with Crippen molar-refractivity contribution >= 4 is 11.6 Å². The molecule has 0 aliphatic carbocycles. The van der Waals surface area contributed by atoms with Gasteiger partial charge < -0.3 is 15.1 Å². The van der Waals surface area contributed by atoms with Gasteiger partial charge in [0.1, 0.15) is 5.82 Å². The van der Waals surface area contributed by atoms with Crippen LogP contribution >= 0.6 is 11.6 Å². The van der Waals surface area contributed by atoms with Gasteiger partial charge in [0.2, 0.25) is 0 Å². The smallest absolute Gasteiger partial charge is 0.166 e. The van der Waals surface area contributed by atoms with Crippen LogP contribution in [0.1, 0.15) is 5.56 Å². The number of nitrogens with one attached hydrogen (secondary N) is 1. The van der Waals surface area contributed by atoms with E-state index in [1.165, 1.54) is 7.11 Å². The summed E-state index contributed by atoms with van der Waals surface area (Å²) in [6.07, 6.45) is 0. The second-order valence-electron chi connectivity index (χ2n) is 2.54. The maximum atomic E-state index is 13.0. The normalized spacial score (nSPS) is 10.3. The molecule has 0 amide bonds. The summed E-state index contributed by atoms with van der Waals surface area (Å²) in [4.78, 5) is 0. The van der Waals surface area contributed by atoms with Gasteiger partial charge in [-0.05, 0) is 0 Å². The Morgan fingerprint density at radius 1 is 1.64 bits per heavy atom. The third-order valence-electron chi connectivity index (χ3n) is 1.70. The van der Waals surface area contributed by atoms with Gasteiger partial charge in [-0.25, -0.2) is 9.87 Å². The fraction of sp³-hybridized carbons (Fsp3) is 0.250. The summed E-state index contributed by atoms with van der Waals surface area (Å²) >= 11 is 5.61. The molecular formula is C8H9ClFNO3. The highest BCUT2D eigenvalue weighted by Crippen LogP contribution is 2.36. The lowest BCUT2D eigenvalue weighted by Gasteiger charge is -2.11. The molecule has 1 aromatic rings. The van der Waals surface area contributed by atoms with Crippen molar-refractivity contribution in [1.29, 1.82) is 0 Å². The Bertz CT molecular complexity index is 346. The molecule has 0 heterocycles. The minimum absolute atomic E-state index is 0.0398. The fourth-order valence-corrected chi connectivity index (χ4v) is 1.32. The second kappa shape index (κ2) is 4.45. The lowest BCUT2D eigenvalue weighted by Crippen LogP contribution is -2.09.